The third-order valence-electron chi connectivity index (χ3n) is 1.21. The molecule has 68 valence electrons. The molecule has 0 atom stereocenters. The molecular weight excluding hydrogens is 156 g/mol. The summed E-state index contributed by atoms with van der Waals surface area (Å²) in [7, 11) is 0. The number of hydrogen-bond donors (Lipinski definition) is 2. The molecular formula is C8H14N2O2. The first-order valence-corrected chi connectivity index (χ1v) is 3.73. The Kier molecular flexibility index (Phi) is 4.96. The number of amides is 1. The molecule has 0 spiro atoms. The van der Waals surface area contributed by atoms with Gasteiger partial charge in [0, 0.05) is 12.8 Å². The number of rotatable bonds is 4. The molecule has 0 aliphatic heterocycles. The molecule has 0 saturated heterocycles. The summed E-state index contributed by atoms with van der Waals surface area (Å²) in [6.45, 7) is 3.67. The zero-order chi connectivity index (χ0) is 9.56. The molecule has 0 aromatic heterocycles. The van der Waals surface area contributed by atoms with Crippen LogP contribution in [0.4, 0.5) is 0 Å². The summed E-state index contributed by atoms with van der Waals surface area (Å²) in [6, 6.07) is 0. The number of allylic oxidation sites excluding steroid dienone is 2. The van der Waals surface area contributed by atoms with Gasteiger partial charge in [0.15, 0.2) is 5.78 Å². The lowest BCUT2D eigenvalue weighted by molar-refractivity contribution is -0.123. The van der Waals surface area contributed by atoms with Crippen molar-refractivity contribution in [3.05, 3.63) is 11.6 Å². The van der Waals surface area contributed by atoms with Crippen molar-refractivity contribution in [3.8, 4) is 0 Å². The first-order valence-electron chi connectivity index (χ1n) is 3.73. The Morgan fingerprint density at radius 3 is 2.33 bits per heavy atom. The van der Waals surface area contributed by atoms with Crippen LogP contribution in [0.3, 0.4) is 0 Å². The maximum absolute atomic E-state index is 11.0. The van der Waals surface area contributed by atoms with Gasteiger partial charge in [-0.2, -0.15) is 0 Å². The van der Waals surface area contributed by atoms with Gasteiger partial charge in [-0.15, -0.1) is 0 Å². The van der Waals surface area contributed by atoms with Crippen LogP contribution in [0.5, 0.6) is 0 Å². The fraction of sp³-hybridized carbons (Fsp3) is 0.500. The number of nitrogens with two attached hydrogens (primary N) is 1. The number of carbonyl (C=O) groups excluding carboxylic acids is 2. The molecule has 12 heavy (non-hydrogen) atoms. The van der Waals surface area contributed by atoms with Crippen LogP contribution in [0.15, 0.2) is 11.6 Å². The molecule has 0 saturated carbocycles. The van der Waals surface area contributed by atoms with Crippen LogP contribution >= 0.6 is 0 Å². The van der Waals surface area contributed by atoms with Gasteiger partial charge >= 0.3 is 0 Å². The van der Waals surface area contributed by atoms with Crippen LogP contribution in [-0.4, -0.2) is 11.7 Å². The fourth-order valence-electron chi connectivity index (χ4n) is 0.703. The largest absolute Gasteiger partial charge is 0.295 e. The van der Waals surface area contributed by atoms with Crippen molar-refractivity contribution < 1.29 is 9.59 Å². The van der Waals surface area contributed by atoms with Crippen LogP contribution in [0.2, 0.25) is 0 Å². The highest BCUT2D eigenvalue weighted by atomic mass is 16.2. The summed E-state index contributed by atoms with van der Waals surface area (Å²) in [5.74, 6) is 4.48. The summed E-state index contributed by atoms with van der Waals surface area (Å²) in [5.41, 5.74) is 2.90. The highest BCUT2D eigenvalue weighted by Gasteiger charge is 2.02. The minimum Gasteiger partial charge on any atom is -0.295 e. The van der Waals surface area contributed by atoms with Gasteiger partial charge in [0.2, 0.25) is 5.91 Å². The summed E-state index contributed by atoms with van der Waals surface area (Å²) in [4.78, 5) is 21.6. The monoisotopic (exact) mass is 170 g/mol. The Bertz CT molecular complexity index is 205. The molecule has 3 N–H and O–H groups in total. The van der Waals surface area contributed by atoms with E-state index < -0.39 is 0 Å². The van der Waals surface area contributed by atoms with Crippen molar-refractivity contribution in [2.45, 2.75) is 26.7 Å². The number of nitrogens with one attached hydrogen (secondary N) is 1. The molecule has 0 fully saturated rings. The zero-order valence-corrected chi connectivity index (χ0v) is 7.39. The number of carbonyl (C=O) groups is 2. The van der Waals surface area contributed by atoms with E-state index in [9.17, 15) is 9.59 Å². The van der Waals surface area contributed by atoms with Crippen LogP contribution < -0.4 is 11.3 Å². The molecule has 0 aromatic rings. The van der Waals surface area contributed by atoms with E-state index in [4.69, 9.17) is 5.84 Å². The first-order chi connectivity index (χ1) is 5.56. The third kappa shape index (κ3) is 5.61. The lowest BCUT2D eigenvalue weighted by atomic mass is 10.1. The van der Waals surface area contributed by atoms with Crippen molar-refractivity contribution in [1.29, 1.82) is 0 Å². The topological polar surface area (TPSA) is 72.2 Å². The maximum atomic E-state index is 11.0. The molecule has 4 heteroatoms. The predicted molar refractivity (Wildman–Crippen MR) is 46.0 cm³/mol. The van der Waals surface area contributed by atoms with Gasteiger partial charge in [0.1, 0.15) is 0 Å². The Hall–Kier alpha value is -1.16. The first kappa shape index (κ1) is 10.8. The summed E-state index contributed by atoms with van der Waals surface area (Å²) in [6.07, 6.45) is 1.89. The molecule has 0 radical (unpaired) electrons. The predicted octanol–water partition coefficient (Wildman–Crippen LogP) is 0.292. The highest BCUT2D eigenvalue weighted by Crippen LogP contribution is 1.96. The summed E-state index contributed by atoms with van der Waals surface area (Å²) in [5, 5.41) is 0. The summed E-state index contributed by atoms with van der Waals surface area (Å²) < 4.78 is 0. The molecule has 0 unspecified atom stereocenters. The van der Waals surface area contributed by atoms with Crippen molar-refractivity contribution in [3.63, 3.8) is 0 Å². The van der Waals surface area contributed by atoms with E-state index in [0.717, 1.165) is 5.57 Å². The van der Waals surface area contributed by atoms with E-state index in [2.05, 4.69) is 0 Å². The van der Waals surface area contributed by atoms with E-state index in [1.807, 2.05) is 19.3 Å². The van der Waals surface area contributed by atoms with E-state index in [1.54, 1.807) is 0 Å². The van der Waals surface area contributed by atoms with E-state index in [0.29, 0.717) is 0 Å². The van der Waals surface area contributed by atoms with E-state index in [1.165, 1.54) is 6.08 Å². The normalized spacial score (nSPS) is 8.92. The van der Waals surface area contributed by atoms with E-state index in [-0.39, 0.29) is 24.5 Å². The van der Waals surface area contributed by atoms with Gasteiger partial charge in [-0.05, 0) is 19.9 Å². The Morgan fingerprint density at radius 1 is 1.33 bits per heavy atom. The second-order valence-corrected chi connectivity index (χ2v) is 2.76. The van der Waals surface area contributed by atoms with Crippen molar-refractivity contribution in [1.82, 2.24) is 5.43 Å². The molecule has 0 aliphatic carbocycles. The van der Waals surface area contributed by atoms with Crippen molar-refractivity contribution >= 4 is 11.7 Å². The smallest absolute Gasteiger partial charge is 0.234 e. The van der Waals surface area contributed by atoms with Gasteiger partial charge in [-0.25, -0.2) is 5.84 Å². The molecule has 0 rings (SSSR count). The van der Waals surface area contributed by atoms with Crippen LogP contribution in [0.25, 0.3) is 0 Å². The molecule has 4 nitrogen and oxygen atoms in total. The SMILES string of the molecule is CC(C)=CC(=O)CCC(=O)NN. The third-order valence-corrected chi connectivity index (χ3v) is 1.21. The maximum Gasteiger partial charge on any atom is 0.234 e. The van der Waals surface area contributed by atoms with Gasteiger partial charge in [0.05, 0.1) is 0 Å². The van der Waals surface area contributed by atoms with Gasteiger partial charge in [-0.1, -0.05) is 5.57 Å². The lowest BCUT2D eigenvalue weighted by Crippen LogP contribution is -2.30. The van der Waals surface area contributed by atoms with Gasteiger partial charge in [-0.3, -0.25) is 15.0 Å². The molecule has 0 aliphatic rings. The summed E-state index contributed by atoms with van der Waals surface area (Å²) >= 11 is 0. The van der Waals surface area contributed by atoms with Crippen molar-refractivity contribution in [2.24, 2.45) is 5.84 Å². The number of ketones is 1. The second kappa shape index (κ2) is 5.49. The fourth-order valence-corrected chi connectivity index (χ4v) is 0.703. The second-order valence-electron chi connectivity index (χ2n) is 2.76. The van der Waals surface area contributed by atoms with Crippen LogP contribution in [0.1, 0.15) is 26.7 Å². The lowest BCUT2D eigenvalue weighted by Gasteiger charge is -1.96. The minimum atomic E-state index is -0.314. The number of hydrazine groups is 1. The Balaban J connectivity index is 3.73. The van der Waals surface area contributed by atoms with Crippen LogP contribution in [0, 0.1) is 0 Å². The average molecular weight is 170 g/mol. The quantitative estimate of drug-likeness (QED) is 0.276. The van der Waals surface area contributed by atoms with E-state index >= 15 is 0 Å². The molecule has 0 heterocycles. The zero-order valence-electron chi connectivity index (χ0n) is 7.39. The van der Waals surface area contributed by atoms with Crippen LogP contribution in [-0.2, 0) is 9.59 Å². The molecule has 1 amide bonds. The average Bonchev–Trinajstić information content (AvgIpc) is 1.99. The minimum absolute atomic E-state index is 0.0430. The highest BCUT2D eigenvalue weighted by molar-refractivity contribution is 5.92. The van der Waals surface area contributed by atoms with Gasteiger partial charge in [0.25, 0.3) is 0 Å². The standard InChI is InChI=1S/C8H14N2O2/c1-6(2)5-7(11)3-4-8(12)10-9/h5H,3-4,9H2,1-2H3,(H,10,12). The molecule has 0 aromatic carbocycles. The Labute approximate surface area is 71.8 Å². The Morgan fingerprint density at radius 2 is 1.92 bits per heavy atom. The van der Waals surface area contributed by atoms with Gasteiger partial charge < -0.3 is 0 Å². The van der Waals surface area contributed by atoms with Crippen molar-refractivity contribution in [2.75, 3.05) is 0 Å². The number of hydrogen-bond acceptors (Lipinski definition) is 3. The molecule has 0 bridgehead atoms.